The van der Waals surface area contributed by atoms with Crippen molar-refractivity contribution in [1.82, 2.24) is 10.2 Å². The average molecular weight is 638 g/mol. The van der Waals surface area contributed by atoms with Gasteiger partial charge in [0.15, 0.2) is 0 Å². The number of sulfonamides is 1. The van der Waals surface area contributed by atoms with Gasteiger partial charge in [0.25, 0.3) is 10.0 Å². The van der Waals surface area contributed by atoms with Crippen LogP contribution in [-0.2, 0) is 32.3 Å². The molecule has 0 saturated carbocycles. The van der Waals surface area contributed by atoms with E-state index in [1.54, 1.807) is 77.1 Å². The van der Waals surface area contributed by atoms with Crippen molar-refractivity contribution in [3.8, 4) is 0 Å². The monoisotopic (exact) mass is 637 g/mol. The van der Waals surface area contributed by atoms with E-state index in [2.05, 4.69) is 5.32 Å². The smallest absolute Gasteiger partial charge is 0.350 e. The van der Waals surface area contributed by atoms with Crippen LogP contribution in [0.2, 0.25) is 5.02 Å². The van der Waals surface area contributed by atoms with Crippen LogP contribution in [0.3, 0.4) is 0 Å². The van der Waals surface area contributed by atoms with Gasteiger partial charge in [-0.1, -0.05) is 66.6 Å². The molecule has 3 aromatic rings. The van der Waals surface area contributed by atoms with E-state index in [-0.39, 0.29) is 17.9 Å². The van der Waals surface area contributed by atoms with Crippen molar-refractivity contribution in [2.75, 3.05) is 10.8 Å². The Morgan fingerprint density at radius 2 is 1.56 bits per heavy atom. The minimum atomic E-state index is -4.88. The molecule has 12 heteroatoms. The van der Waals surface area contributed by atoms with Crippen LogP contribution in [0, 0.1) is 6.92 Å². The van der Waals surface area contributed by atoms with Crippen molar-refractivity contribution in [3.63, 3.8) is 0 Å². The molecular formula is C31H35ClF3N3O4S. The fraction of sp³-hybridized carbons (Fsp3) is 0.355. The summed E-state index contributed by atoms with van der Waals surface area (Å²) in [6, 6.07) is 16.2. The van der Waals surface area contributed by atoms with Gasteiger partial charge in [0.2, 0.25) is 11.8 Å². The lowest BCUT2D eigenvalue weighted by molar-refractivity contribution is -0.141. The summed E-state index contributed by atoms with van der Waals surface area (Å²) in [6.45, 7) is 7.92. The lowest BCUT2D eigenvalue weighted by Gasteiger charge is -2.35. The van der Waals surface area contributed by atoms with Gasteiger partial charge in [-0.3, -0.25) is 13.9 Å². The van der Waals surface area contributed by atoms with E-state index in [4.69, 9.17) is 11.6 Å². The van der Waals surface area contributed by atoms with E-state index < -0.39 is 62.4 Å². The summed E-state index contributed by atoms with van der Waals surface area (Å²) >= 11 is 5.82. The molecule has 0 bridgehead atoms. The molecule has 0 heterocycles. The first-order valence-corrected chi connectivity index (χ1v) is 15.4. The second kappa shape index (κ2) is 13.4. The highest BCUT2D eigenvalue weighted by Gasteiger charge is 2.37. The van der Waals surface area contributed by atoms with Crippen molar-refractivity contribution in [1.29, 1.82) is 0 Å². The van der Waals surface area contributed by atoms with Crippen molar-refractivity contribution in [3.05, 3.63) is 94.5 Å². The minimum absolute atomic E-state index is 0.0391. The van der Waals surface area contributed by atoms with Gasteiger partial charge in [0.05, 0.1) is 21.2 Å². The van der Waals surface area contributed by atoms with Gasteiger partial charge in [0.1, 0.15) is 12.6 Å². The van der Waals surface area contributed by atoms with Crippen molar-refractivity contribution < 1.29 is 31.2 Å². The Morgan fingerprint density at radius 3 is 2.09 bits per heavy atom. The topological polar surface area (TPSA) is 86.8 Å². The molecule has 0 aliphatic rings. The third-order valence-corrected chi connectivity index (χ3v) is 8.63. The Kier molecular flexibility index (Phi) is 10.6. The summed E-state index contributed by atoms with van der Waals surface area (Å²) in [5.41, 5.74) is -0.837. The SMILES string of the molecule is CCC(C(=O)NC(C)(C)C)N(Cc1ccccc1)C(=O)CN(c1ccc(Cl)c(C(F)(F)F)c1)S(=O)(=O)c1ccc(C)cc1. The predicted molar refractivity (Wildman–Crippen MR) is 161 cm³/mol. The number of carbonyl (C=O) groups is 2. The highest BCUT2D eigenvalue weighted by molar-refractivity contribution is 7.92. The zero-order valence-electron chi connectivity index (χ0n) is 24.6. The quantitative estimate of drug-likeness (QED) is 0.272. The van der Waals surface area contributed by atoms with E-state index >= 15 is 0 Å². The molecule has 0 radical (unpaired) electrons. The molecule has 43 heavy (non-hydrogen) atoms. The van der Waals surface area contributed by atoms with Gasteiger partial charge in [-0.25, -0.2) is 8.42 Å². The Bertz CT molecular complexity index is 1540. The molecule has 1 atom stereocenters. The molecule has 2 amide bonds. The van der Waals surface area contributed by atoms with Gasteiger partial charge < -0.3 is 10.2 Å². The summed E-state index contributed by atoms with van der Waals surface area (Å²) in [6.07, 6.45) is -4.68. The van der Waals surface area contributed by atoms with Gasteiger partial charge in [-0.05, 0) is 70.0 Å². The maximum Gasteiger partial charge on any atom is 0.417 e. The summed E-state index contributed by atoms with van der Waals surface area (Å²) in [5.74, 6) is -1.22. The van der Waals surface area contributed by atoms with E-state index in [0.717, 1.165) is 17.7 Å². The summed E-state index contributed by atoms with van der Waals surface area (Å²) < 4.78 is 69.9. The second-order valence-corrected chi connectivity index (χ2v) is 13.4. The van der Waals surface area contributed by atoms with E-state index in [1.807, 2.05) is 0 Å². The summed E-state index contributed by atoms with van der Waals surface area (Å²) in [5, 5.41) is 2.24. The largest absolute Gasteiger partial charge is 0.417 e. The third-order valence-electron chi connectivity index (χ3n) is 6.51. The number of hydrogen-bond acceptors (Lipinski definition) is 4. The standard InChI is InChI=1S/C31H35ClF3N3O4S/c1-6-27(29(40)36-30(3,4)5)37(19-22-10-8-7-9-11-22)28(39)20-38(43(41,42)24-15-12-21(2)13-16-24)23-14-17-26(32)25(18-23)31(33,34)35/h7-18,27H,6,19-20H2,1-5H3,(H,36,40). The number of nitrogens with zero attached hydrogens (tertiary/aromatic N) is 2. The summed E-state index contributed by atoms with van der Waals surface area (Å²) in [7, 11) is -4.55. The first kappa shape index (κ1) is 33.9. The number of nitrogens with one attached hydrogen (secondary N) is 1. The number of hydrogen-bond donors (Lipinski definition) is 1. The highest BCUT2D eigenvalue weighted by Crippen LogP contribution is 2.38. The zero-order valence-corrected chi connectivity index (χ0v) is 26.1. The molecule has 232 valence electrons. The molecule has 0 saturated heterocycles. The number of anilines is 1. The Balaban J connectivity index is 2.15. The molecule has 1 unspecified atom stereocenters. The Labute approximate surface area is 255 Å². The molecule has 0 aliphatic heterocycles. The van der Waals surface area contributed by atoms with Crippen LogP contribution >= 0.6 is 11.6 Å². The fourth-order valence-corrected chi connectivity index (χ4v) is 6.04. The molecule has 0 aliphatic carbocycles. The van der Waals surface area contributed by atoms with E-state index in [1.165, 1.54) is 17.0 Å². The van der Waals surface area contributed by atoms with Gasteiger partial charge in [-0.15, -0.1) is 0 Å². The zero-order chi connectivity index (χ0) is 32.2. The van der Waals surface area contributed by atoms with Crippen LogP contribution in [0.25, 0.3) is 0 Å². The molecule has 3 rings (SSSR count). The highest BCUT2D eigenvalue weighted by atomic mass is 35.5. The van der Waals surface area contributed by atoms with Crippen LogP contribution in [0.4, 0.5) is 18.9 Å². The maximum absolute atomic E-state index is 14.1. The number of carbonyl (C=O) groups excluding carboxylic acids is 2. The van der Waals surface area contributed by atoms with Crippen molar-refractivity contribution in [2.24, 2.45) is 0 Å². The van der Waals surface area contributed by atoms with Crippen molar-refractivity contribution in [2.45, 2.75) is 70.2 Å². The molecular weight excluding hydrogens is 603 g/mol. The number of benzene rings is 3. The van der Waals surface area contributed by atoms with Crippen LogP contribution in [0.1, 0.15) is 50.8 Å². The lowest BCUT2D eigenvalue weighted by Crippen LogP contribution is -2.55. The lowest BCUT2D eigenvalue weighted by atomic mass is 10.1. The number of halogens is 4. The van der Waals surface area contributed by atoms with E-state index in [0.29, 0.717) is 15.9 Å². The Hall–Kier alpha value is -3.57. The number of alkyl halides is 3. The summed E-state index contributed by atoms with van der Waals surface area (Å²) in [4.78, 5) is 28.5. The van der Waals surface area contributed by atoms with Crippen molar-refractivity contribution >= 4 is 39.1 Å². The minimum Gasteiger partial charge on any atom is -0.350 e. The number of rotatable bonds is 10. The van der Waals surface area contributed by atoms with Gasteiger partial charge in [-0.2, -0.15) is 13.2 Å². The number of amides is 2. The molecule has 0 spiro atoms. The maximum atomic E-state index is 14.1. The van der Waals surface area contributed by atoms with Gasteiger partial charge in [0, 0.05) is 12.1 Å². The third kappa shape index (κ3) is 8.73. The molecule has 3 aromatic carbocycles. The number of aryl methyl sites for hydroxylation is 1. The first-order chi connectivity index (χ1) is 19.9. The molecule has 0 fully saturated rings. The second-order valence-electron chi connectivity index (χ2n) is 11.2. The Morgan fingerprint density at radius 1 is 0.953 bits per heavy atom. The average Bonchev–Trinajstić information content (AvgIpc) is 2.91. The normalized spacial score (nSPS) is 12.9. The van der Waals surface area contributed by atoms with Crippen LogP contribution < -0.4 is 9.62 Å². The van der Waals surface area contributed by atoms with E-state index in [9.17, 15) is 31.2 Å². The van der Waals surface area contributed by atoms with Crippen LogP contribution in [0.5, 0.6) is 0 Å². The molecule has 7 nitrogen and oxygen atoms in total. The predicted octanol–water partition coefficient (Wildman–Crippen LogP) is 6.58. The fourth-order valence-electron chi connectivity index (χ4n) is 4.40. The molecule has 1 N–H and O–H groups in total. The first-order valence-electron chi connectivity index (χ1n) is 13.6. The van der Waals surface area contributed by atoms with Crippen LogP contribution in [-0.4, -0.2) is 43.3 Å². The van der Waals surface area contributed by atoms with Gasteiger partial charge >= 0.3 is 6.18 Å². The van der Waals surface area contributed by atoms with Crippen LogP contribution in [0.15, 0.2) is 77.7 Å². The molecule has 0 aromatic heterocycles.